The highest BCUT2D eigenvalue weighted by molar-refractivity contribution is 5.30. The lowest BCUT2D eigenvalue weighted by Gasteiger charge is -2.24. The van der Waals surface area contributed by atoms with Crippen LogP contribution in [0.3, 0.4) is 0 Å². The Bertz CT molecular complexity index is 312. The Morgan fingerprint density at radius 1 is 1.40 bits per heavy atom. The van der Waals surface area contributed by atoms with Crippen molar-refractivity contribution < 1.29 is 4.74 Å². The first kappa shape index (κ1) is 11.8. The molecule has 0 aliphatic rings. The molecule has 0 bridgehead atoms. The lowest BCUT2D eigenvalue weighted by Crippen LogP contribution is -2.30. The van der Waals surface area contributed by atoms with Gasteiger partial charge in [0.15, 0.2) is 0 Å². The van der Waals surface area contributed by atoms with Crippen LogP contribution in [-0.4, -0.2) is 22.1 Å². The molecule has 1 rings (SSSR count). The summed E-state index contributed by atoms with van der Waals surface area (Å²) in [6, 6.07) is 1.76. The van der Waals surface area contributed by atoms with E-state index in [-0.39, 0.29) is 5.54 Å². The molecule has 1 aromatic heterocycles. The van der Waals surface area contributed by atoms with E-state index in [9.17, 15) is 0 Å². The van der Waals surface area contributed by atoms with Gasteiger partial charge in [-0.2, -0.15) is 4.98 Å². The molecule has 1 N–H and O–H groups in total. The summed E-state index contributed by atoms with van der Waals surface area (Å²) in [4.78, 5) is 8.40. The molecule has 0 unspecified atom stereocenters. The Labute approximate surface area is 91.1 Å². The van der Waals surface area contributed by atoms with E-state index in [4.69, 9.17) is 4.74 Å². The van der Waals surface area contributed by atoms with Gasteiger partial charge in [-0.15, -0.1) is 0 Å². The van der Waals surface area contributed by atoms with Crippen molar-refractivity contribution in [3.05, 3.63) is 12.3 Å². The van der Waals surface area contributed by atoms with Gasteiger partial charge in [-0.25, -0.2) is 4.98 Å². The minimum Gasteiger partial charge on any atom is -0.478 e. The SMILES string of the molecule is CCOc1ccnc(NC(C)(C)CC)n1. The normalized spacial score (nSPS) is 11.2. The van der Waals surface area contributed by atoms with E-state index in [2.05, 4.69) is 36.1 Å². The number of ether oxygens (including phenoxy) is 1. The molecule has 0 spiro atoms. The summed E-state index contributed by atoms with van der Waals surface area (Å²) in [6.07, 6.45) is 2.71. The van der Waals surface area contributed by atoms with Gasteiger partial charge < -0.3 is 10.1 Å². The van der Waals surface area contributed by atoms with Crippen LogP contribution in [0.5, 0.6) is 5.88 Å². The average Bonchev–Trinajstić information content (AvgIpc) is 2.18. The number of anilines is 1. The molecule has 1 aromatic rings. The van der Waals surface area contributed by atoms with Gasteiger partial charge in [-0.3, -0.25) is 0 Å². The molecule has 0 aromatic carbocycles. The maximum atomic E-state index is 5.30. The third-order valence-corrected chi connectivity index (χ3v) is 2.26. The molecular weight excluding hydrogens is 190 g/mol. The Morgan fingerprint density at radius 3 is 2.73 bits per heavy atom. The second kappa shape index (κ2) is 4.96. The zero-order chi connectivity index (χ0) is 11.3. The number of rotatable bonds is 5. The summed E-state index contributed by atoms with van der Waals surface area (Å²) in [7, 11) is 0. The minimum absolute atomic E-state index is 0.00480. The third kappa shape index (κ3) is 3.73. The first-order valence-electron chi connectivity index (χ1n) is 5.31. The predicted octanol–water partition coefficient (Wildman–Crippen LogP) is 2.48. The number of nitrogens with one attached hydrogen (secondary N) is 1. The molecule has 0 amide bonds. The van der Waals surface area contributed by atoms with Crippen LogP contribution in [0.4, 0.5) is 5.95 Å². The maximum Gasteiger partial charge on any atom is 0.226 e. The van der Waals surface area contributed by atoms with Crippen LogP contribution in [0, 0.1) is 0 Å². The van der Waals surface area contributed by atoms with Crippen LogP contribution < -0.4 is 10.1 Å². The summed E-state index contributed by atoms with van der Waals surface area (Å²) in [5, 5.41) is 3.26. The fourth-order valence-electron chi connectivity index (χ4n) is 1.02. The average molecular weight is 209 g/mol. The number of aromatic nitrogens is 2. The van der Waals surface area contributed by atoms with E-state index >= 15 is 0 Å². The Morgan fingerprint density at radius 2 is 2.13 bits per heavy atom. The highest BCUT2D eigenvalue weighted by Gasteiger charge is 2.15. The van der Waals surface area contributed by atoms with Crippen LogP contribution in [0.25, 0.3) is 0 Å². The monoisotopic (exact) mass is 209 g/mol. The van der Waals surface area contributed by atoms with Gasteiger partial charge in [0.2, 0.25) is 11.8 Å². The summed E-state index contributed by atoms with van der Waals surface area (Å²) in [6.45, 7) is 8.91. The summed E-state index contributed by atoms with van der Waals surface area (Å²) in [5.74, 6) is 1.23. The van der Waals surface area contributed by atoms with Crippen LogP contribution in [-0.2, 0) is 0 Å². The molecule has 0 fully saturated rings. The Balaban J connectivity index is 2.73. The topological polar surface area (TPSA) is 47.0 Å². The quantitative estimate of drug-likeness (QED) is 0.809. The van der Waals surface area contributed by atoms with Crippen molar-refractivity contribution >= 4 is 5.95 Å². The first-order chi connectivity index (χ1) is 7.07. The minimum atomic E-state index is 0.00480. The fraction of sp³-hybridized carbons (Fsp3) is 0.636. The van der Waals surface area contributed by atoms with E-state index in [1.54, 1.807) is 12.3 Å². The second-order valence-electron chi connectivity index (χ2n) is 4.01. The number of hydrogen-bond acceptors (Lipinski definition) is 4. The molecule has 4 nitrogen and oxygen atoms in total. The van der Waals surface area contributed by atoms with Crippen molar-refractivity contribution in [1.82, 2.24) is 9.97 Å². The summed E-state index contributed by atoms with van der Waals surface area (Å²) >= 11 is 0. The fourth-order valence-corrected chi connectivity index (χ4v) is 1.02. The van der Waals surface area contributed by atoms with Crippen LogP contribution in [0.15, 0.2) is 12.3 Å². The number of hydrogen-bond donors (Lipinski definition) is 1. The molecule has 0 saturated carbocycles. The molecule has 0 saturated heterocycles. The lowest BCUT2D eigenvalue weighted by atomic mass is 10.0. The van der Waals surface area contributed by atoms with E-state index in [1.165, 1.54) is 0 Å². The van der Waals surface area contributed by atoms with E-state index in [0.717, 1.165) is 6.42 Å². The molecule has 4 heteroatoms. The maximum absolute atomic E-state index is 5.30. The van der Waals surface area contributed by atoms with Gasteiger partial charge >= 0.3 is 0 Å². The summed E-state index contributed by atoms with van der Waals surface area (Å²) in [5.41, 5.74) is 0.00480. The zero-order valence-corrected chi connectivity index (χ0v) is 9.87. The van der Waals surface area contributed by atoms with Crippen LogP contribution >= 0.6 is 0 Å². The second-order valence-corrected chi connectivity index (χ2v) is 4.01. The summed E-state index contributed by atoms with van der Waals surface area (Å²) < 4.78 is 5.30. The van der Waals surface area contributed by atoms with Crippen LogP contribution in [0.2, 0.25) is 0 Å². The van der Waals surface area contributed by atoms with Gasteiger partial charge in [-0.05, 0) is 27.2 Å². The van der Waals surface area contributed by atoms with Gasteiger partial charge in [0.05, 0.1) is 6.61 Å². The molecular formula is C11H19N3O. The Hall–Kier alpha value is -1.32. The molecule has 15 heavy (non-hydrogen) atoms. The van der Waals surface area contributed by atoms with Gasteiger partial charge in [0.25, 0.3) is 0 Å². The molecule has 0 aliphatic carbocycles. The van der Waals surface area contributed by atoms with Gasteiger partial charge in [0, 0.05) is 17.8 Å². The van der Waals surface area contributed by atoms with E-state index in [0.29, 0.717) is 18.4 Å². The highest BCUT2D eigenvalue weighted by atomic mass is 16.5. The van der Waals surface area contributed by atoms with Crippen molar-refractivity contribution in [2.75, 3.05) is 11.9 Å². The molecule has 0 atom stereocenters. The predicted molar refractivity (Wildman–Crippen MR) is 61.2 cm³/mol. The standard InChI is InChI=1S/C11H19N3O/c1-5-11(3,4)14-10-12-8-7-9(13-10)15-6-2/h7-8H,5-6H2,1-4H3,(H,12,13,14). The molecule has 84 valence electrons. The highest BCUT2D eigenvalue weighted by Crippen LogP contribution is 2.16. The van der Waals surface area contributed by atoms with Crippen molar-refractivity contribution in [3.63, 3.8) is 0 Å². The van der Waals surface area contributed by atoms with Gasteiger partial charge in [0.1, 0.15) is 0 Å². The van der Waals surface area contributed by atoms with Crippen molar-refractivity contribution in [2.45, 2.75) is 39.7 Å². The van der Waals surface area contributed by atoms with Crippen molar-refractivity contribution in [3.8, 4) is 5.88 Å². The van der Waals surface area contributed by atoms with E-state index < -0.39 is 0 Å². The van der Waals surface area contributed by atoms with Gasteiger partial charge in [-0.1, -0.05) is 6.92 Å². The zero-order valence-electron chi connectivity index (χ0n) is 9.87. The van der Waals surface area contributed by atoms with Crippen molar-refractivity contribution in [2.24, 2.45) is 0 Å². The third-order valence-electron chi connectivity index (χ3n) is 2.26. The lowest BCUT2D eigenvalue weighted by molar-refractivity contribution is 0.326. The van der Waals surface area contributed by atoms with Crippen molar-refractivity contribution in [1.29, 1.82) is 0 Å². The molecule has 1 heterocycles. The molecule has 0 aliphatic heterocycles. The van der Waals surface area contributed by atoms with E-state index in [1.807, 2.05) is 6.92 Å². The molecule has 0 radical (unpaired) electrons. The van der Waals surface area contributed by atoms with Crippen LogP contribution in [0.1, 0.15) is 34.1 Å². The smallest absolute Gasteiger partial charge is 0.226 e. The first-order valence-corrected chi connectivity index (χ1v) is 5.31. The Kier molecular flexibility index (Phi) is 3.88. The largest absolute Gasteiger partial charge is 0.478 e. The number of nitrogens with zero attached hydrogens (tertiary/aromatic N) is 2.